The summed E-state index contributed by atoms with van der Waals surface area (Å²) in [7, 11) is 0. The van der Waals surface area contributed by atoms with Crippen molar-refractivity contribution in [3.63, 3.8) is 0 Å². The molecule has 0 saturated heterocycles. The van der Waals surface area contributed by atoms with Crippen LogP contribution in [0.4, 0.5) is 13.2 Å². The molecule has 0 amide bonds. The van der Waals surface area contributed by atoms with Gasteiger partial charge in [-0.2, -0.15) is 13.2 Å². The molecule has 7 nitrogen and oxygen atoms in total. The van der Waals surface area contributed by atoms with Crippen LogP contribution < -0.4 is 10.5 Å². The van der Waals surface area contributed by atoms with Crippen molar-refractivity contribution < 1.29 is 32.2 Å². The van der Waals surface area contributed by atoms with Crippen LogP contribution in [-0.4, -0.2) is 33.3 Å². The van der Waals surface area contributed by atoms with Gasteiger partial charge in [0.05, 0.1) is 12.0 Å². The molecule has 0 aliphatic carbocycles. The van der Waals surface area contributed by atoms with E-state index in [1.807, 2.05) is 0 Å². The molecule has 3 N–H and O–H groups in total. The molecule has 180 valence electrons. The number of hydrogen-bond donors (Lipinski definition) is 2. The highest BCUT2D eigenvalue weighted by Gasteiger charge is 2.44. The first-order chi connectivity index (χ1) is 16.7. The number of nitrogens with zero attached hydrogens (tertiary/aromatic N) is 2. The topological polar surface area (TPSA) is 111 Å². The maximum Gasteiger partial charge on any atom is 0.429 e. The quantitative estimate of drug-likeness (QED) is 0.361. The summed E-state index contributed by atoms with van der Waals surface area (Å²) in [6.07, 6.45) is -4.40. The zero-order valence-electron chi connectivity index (χ0n) is 18.1. The number of furan rings is 1. The molecule has 2 aromatic heterocycles. The minimum Gasteiger partial charge on any atom is -0.480 e. The largest absolute Gasteiger partial charge is 0.480 e. The Morgan fingerprint density at radius 3 is 2.46 bits per heavy atom. The van der Waals surface area contributed by atoms with Gasteiger partial charge in [-0.1, -0.05) is 48.5 Å². The molecule has 35 heavy (non-hydrogen) atoms. The Balaban J connectivity index is 1.61. The summed E-state index contributed by atoms with van der Waals surface area (Å²) in [5, 5.41) is 8.95. The van der Waals surface area contributed by atoms with Crippen LogP contribution in [0, 0.1) is 0 Å². The minimum atomic E-state index is -4.74. The summed E-state index contributed by atoms with van der Waals surface area (Å²) >= 11 is 0. The van der Waals surface area contributed by atoms with Gasteiger partial charge in [0.2, 0.25) is 12.0 Å². The summed E-state index contributed by atoms with van der Waals surface area (Å²) in [5.74, 6) is -1.09. The highest BCUT2D eigenvalue weighted by molar-refractivity contribution is 5.73. The summed E-state index contributed by atoms with van der Waals surface area (Å²) in [4.78, 5) is 18.9. The summed E-state index contributed by atoms with van der Waals surface area (Å²) in [5.41, 5.74) is 7.31. The van der Waals surface area contributed by atoms with E-state index in [-0.39, 0.29) is 29.2 Å². The minimum absolute atomic E-state index is 0.116. The van der Waals surface area contributed by atoms with Crippen molar-refractivity contribution >= 4 is 5.97 Å². The molecule has 2 heterocycles. The monoisotopic (exact) mass is 483 g/mol. The number of carboxylic acids is 1. The molecule has 10 heteroatoms. The van der Waals surface area contributed by atoms with Crippen LogP contribution in [0.3, 0.4) is 0 Å². The maximum absolute atomic E-state index is 14.1. The number of alkyl halides is 3. The molecule has 4 rings (SSSR count). The van der Waals surface area contributed by atoms with E-state index < -0.39 is 24.3 Å². The SMILES string of the molecule is N[C@@H](Cc1ccc(-c2cc(OC(c3ccccc3-c3ccco3)C(F)(F)F)ncn2)cc1)C(=O)O. The fourth-order valence-electron chi connectivity index (χ4n) is 3.52. The van der Waals surface area contributed by atoms with Gasteiger partial charge in [-0.3, -0.25) is 4.79 Å². The Hall–Kier alpha value is -4.18. The summed E-state index contributed by atoms with van der Waals surface area (Å²) in [6.45, 7) is 0. The highest BCUT2D eigenvalue weighted by Crippen LogP contribution is 2.41. The van der Waals surface area contributed by atoms with Gasteiger partial charge in [0, 0.05) is 22.8 Å². The molecule has 0 bridgehead atoms. The molecule has 0 saturated carbocycles. The first-order valence-corrected chi connectivity index (χ1v) is 10.5. The normalized spacial score (nSPS) is 13.3. The molecular formula is C25H20F3N3O4. The zero-order valence-corrected chi connectivity index (χ0v) is 18.1. The van der Waals surface area contributed by atoms with Crippen molar-refractivity contribution in [2.45, 2.75) is 24.7 Å². The summed E-state index contributed by atoms with van der Waals surface area (Å²) < 4.78 is 52.9. The van der Waals surface area contributed by atoms with Gasteiger partial charge in [0.1, 0.15) is 18.1 Å². The van der Waals surface area contributed by atoms with Crippen LogP contribution in [0.2, 0.25) is 0 Å². The molecule has 4 aromatic rings. The fourth-order valence-corrected chi connectivity index (χ4v) is 3.52. The lowest BCUT2D eigenvalue weighted by molar-refractivity contribution is -0.198. The number of aliphatic carboxylic acids is 1. The van der Waals surface area contributed by atoms with Crippen LogP contribution in [0.5, 0.6) is 5.88 Å². The lowest BCUT2D eigenvalue weighted by atomic mass is 10.00. The van der Waals surface area contributed by atoms with E-state index in [1.165, 1.54) is 30.5 Å². The number of aromatic nitrogens is 2. The highest BCUT2D eigenvalue weighted by atomic mass is 19.4. The Bertz CT molecular complexity index is 1290. The lowest BCUT2D eigenvalue weighted by Crippen LogP contribution is -2.32. The van der Waals surface area contributed by atoms with E-state index in [2.05, 4.69) is 9.97 Å². The number of halogens is 3. The van der Waals surface area contributed by atoms with Gasteiger partial charge in [0.15, 0.2) is 0 Å². The number of carboxylic acid groups (broad SMARTS) is 1. The molecule has 0 aliphatic rings. The Labute approximate surface area is 198 Å². The van der Waals surface area contributed by atoms with E-state index >= 15 is 0 Å². The average molecular weight is 483 g/mol. The standard InChI is InChI=1S/C25H20F3N3O4/c26-25(27,28)23(18-5-2-1-4-17(18)21-6-3-11-34-21)35-22-13-20(30-14-31-22)16-9-7-15(8-10-16)12-19(29)24(32)33/h1-11,13-14,19,23H,12,29H2,(H,32,33)/t19-,23?/m0/s1. The van der Waals surface area contributed by atoms with Gasteiger partial charge in [-0.05, 0) is 24.1 Å². The van der Waals surface area contributed by atoms with Crippen LogP contribution in [-0.2, 0) is 11.2 Å². The molecule has 0 aliphatic heterocycles. The molecule has 1 unspecified atom stereocenters. The molecule has 2 atom stereocenters. The maximum atomic E-state index is 14.1. The average Bonchev–Trinajstić information content (AvgIpc) is 3.37. The van der Waals surface area contributed by atoms with Crippen molar-refractivity contribution in [3.8, 4) is 28.5 Å². The number of carbonyl (C=O) groups is 1. The van der Waals surface area contributed by atoms with Crippen LogP contribution in [0.25, 0.3) is 22.6 Å². The van der Waals surface area contributed by atoms with Crippen molar-refractivity contribution in [1.82, 2.24) is 9.97 Å². The molecule has 0 fully saturated rings. The molecular weight excluding hydrogens is 463 g/mol. The van der Waals surface area contributed by atoms with E-state index in [4.69, 9.17) is 20.0 Å². The van der Waals surface area contributed by atoms with Gasteiger partial charge in [-0.25, -0.2) is 9.97 Å². The number of nitrogens with two attached hydrogens (primary N) is 1. The van der Waals surface area contributed by atoms with Gasteiger partial charge in [0.25, 0.3) is 0 Å². The first kappa shape index (κ1) is 24.0. The van der Waals surface area contributed by atoms with E-state index in [1.54, 1.807) is 42.5 Å². The molecule has 0 spiro atoms. The molecule has 2 aromatic carbocycles. The zero-order chi connectivity index (χ0) is 25.0. The second kappa shape index (κ2) is 9.98. The second-order valence-corrected chi connectivity index (χ2v) is 7.69. The van der Waals surface area contributed by atoms with E-state index in [0.717, 1.165) is 6.33 Å². The summed E-state index contributed by atoms with van der Waals surface area (Å²) in [6, 6.07) is 16.1. The number of benzene rings is 2. The number of ether oxygens (including phenoxy) is 1. The Kier molecular flexibility index (Phi) is 6.83. The van der Waals surface area contributed by atoms with E-state index in [0.29, 0.717) is 16.8 Å². The lowest BCUT2D eigenvalue weighted by Gasteiger charge is -2.23. The van der Waals surface area contributed by atoms with Crippen molar-refractivity contribution in [3.05, 3.63) is 90.4 Å². The van der Waals surface area contributed by atoms with Crippen LogP contribution in [0.15, 0.2) is 83.7 Å². The molecule has 0 radical (unpaired) electrons. The number of hydrogen-bond acceptors (Lipinski definition) is 6. The second-order valence-electron chi connectivity index (χ2n) is 7.69. The predicted octanol–water partition coefficient (Wildman–Crippen LogP) is 5.04. The first-order valence-electron chi connectivity index (χ1n) is 10.5. The fraction of sp³-hybridized carbons (Fsp3) is 0.160. The van der Waals surface area contributed by atoms with Gasteiger partial charge in [-0.15, -0.1) is 0 Å². The van der Waals surface area contributed by atoms with Gasteiger partial charge < -0.3 is 20.0 Å². The van der Waals surface area contributed by atoms with Crippen molar-refractivity contribution in [2.75, 3.05) is 0 Å². The van der Waals surface area contributed by atoms with Crippen molar-refractivity contribution in [1.29, 1.82) is 0 Å². The predicted molar refractivity (Wildman–Crippen MR) is 120 cm³/mol. The Morgan fingerprint density at radius 2 is 1.80 bits per heavy atom. The van der Waals surface area contributed by atoms with Crippen molar-refractivity contribution in [2.24, 2.45) is 5.73 Å². The third-order valence-electron chi connectivity index (χ3n) is 5.23. The van der Waals surface area contributed by atoms with Gasteiger partial charge >= 0.3 is 12.1 Å². The van der Waals surface area contributed by atoms with E-state index in [9.17, 15) is 18.0 Å². The van der Waals surface area contributed by atoms with Crippen LogP contribution in [0.1, 0.15) is 17.2 Å². The Morgan fingerprint density at radius 1 is 1.06 bits per heavy atom. The van der Waals surface area contributed by atoms with Crippen LogP contribution >= 0.6 is 0 Å². The third-order valence-corrected chi connectivity index (χ3v) is 5.23. The third kappa shape index (κ3) is 5.67. The smallest absolute Gasteiger partial charge is 0.429 e. The number of rotatable bonds is 8.